The molecule has 0 heterocycles. The van der Waals surface area contributed by atoms with E-state index in [-0.39, 0.29) is 11.8 Å². The number of hydrogen-bond donors (Lipinski definition) is 2. The molecule has 0 bridgehead atoms. The van der Waals surface area contributed by atoms with Gasteiger partial charge in [-0.1, -0.05) is 53.5 Å². The van der Waals surface area contributed by atoms with Gasteiger partial charge in [-0.2, -0.15) is 0 Å². The maximum atomic E-state index is 11.8. The molecule has 0 saturated heterocycles. The molecule has 0 radical (unpaired) electrons. The molecule has 0 aliphatic carbocycles. The highest BCUT2D eigenvalue weighted by atomic mass is 79.9. The molecule has 0 aliphatic heterocycles. The highest BCUT2D eigenvalue weighted by Gasteiger charge is 2.12. The average Bonchev–Trinajstić information content (AvgIpc) is 2.80. The summed E-state index contributed by atoms with van der Waals surface area (Å²) in [6.07, 6.45) is 0. The second-order valence-electron chi connectivity index (χ2n) is 7.81. The van der Waals surface area contributed by atoms with Crippen molar-refractivity contribution in [1.82, 2.24) is 0 Å². The molecule has 3 aromatic rings. The zero-order valence-electron chi connectivity index (χ0n) is 19.0. The minimum Gasteiger partial charge on any atom is -0.490 e. The first-order chi connectivity index (χ1) is 15.9. The highest BCUT2D eigenvalue weighted by Crippen LogP contribution is 2.35. The fourth-order valence-electron chi connectivity index (χ4n) is 2.99. The van der Waals surface area contributed by atoms with Crippen LogP contribution in [0.5, 0.6) is 11.5 Å². The fourth-order valence-corrected chi connectivity index (χ4v) is 3.58. The lowest BCUT2D eigenvalue weighted by Gasteiger charge is -2.16. The van der Waals surface area contributed by atoms with Gasteiger partial charge in [0.05, 0.1) is 6.61 Å². The van der Waals surface area contributed by atoms with Crippen molar-refractivity contribution in [1.29, 1.82) is 0 Å². The van der Waals surface area contributed by atoms with Crippen LogP contribution in [0.25, 0.3) is 0 Å². The van der Waals surface area contributed by atoms with Crippen molar-refractivity contribution < 1.29 is 14.3 Å². The number of benzene rings is 3. The summed E-state index contributed by atoms with van der Waals surface area (Å²) in [4.78, 5) is 11.8. The van der Waals surface area contributed by atoms with Gasteiger partial charge in [0, 0.05) is 33.3 Å². The Morgan fingerprint density at radius 1 is 0.970 bits per heavy atom. The molecular formula is C26H28BrClN2O3. The molecule has 0 unspecified atom stereocenters. The molecule has 0 spiro atoms. The summed E-state index contributed by atoms with van der Waals surface area (Å²) in [5.74, 6) is 1.31. The number of carbonyl (C=O) groups excluding carboxylic acids is 1. The number of ether oxygens (including phenoxy) is 2. The van der Waals surface area contributed by atoms with Crippen molar-refractivity contribution in [2.24, 2.45) is 5.92 Å². The van der Waals surface area contributed by atoms with E-state index in [2.05, 4.69) is 26.6 Å². The number of halogens is 2. The minimum absolute atomic E-state index is 0.00136. The quantitative estimate of drug-likeness (QED) is 0.288. The number of nitrogens with one attached hydrogen (secondary N) is 2. The van der Waals surface area contributed by atoms with Crippen LogP contribution in [0.3, 0.4) is 0 Å². The molecular weight excluding hydrogens is 504 g/mol. The molecule has 7 heteroatoms. The monoisotopic (exact) mass is 530 g/mol. The van der Waals surface area contributed by atoms with E-state index in [9.17, 15) is 4.79 Å². The standard InChI is InChI=1S/C26H28BrClN2O3/c1-4-32-24-13-19(15-29-21-9-11-22(12-10-21)30-26(31)17(2)3)23(27)14-25(24)33-16-18-5-7-20(28)8-6-18/h5-14,17,29H,4,15-16H2,1-3H3,(H,30,31). The van der Waals surface area contributed by atoms with Gasteiger partial charge in [-0.3, -0.25) is 4.79 Å². The molecule has 1 amide bonds. The fraction of sp³-hybridized carbons (Fsp3) is 0.269. The summed E-state index contributed by atoms with van der Waals surface area (Å²) in [7, 11) is 0. The van der Waals surface area contributed by atoms with E-state index in [1.165, 1.54) is 0 Å². The molecule has 0 fully saturated rings. The van der Waals surface area contributed by atoms with Crippen molar-refractivity contribution in [3.8, 4) is 11.5 Å². The van der Waals surface area contributed by atoms with E-state index in [4.69, 9.17) is 21.1 Å². The smallest absolute Gasteiger partial charge is 0.226 e. The molecule has 0 atom stereocenters. The van der Waals surface area contributed by atoms with Crippen molar-refractivity contribution in [2.45, 2.75) is 33.9 Å². The zero-order chi connectivity index (χ0) is 23.8. The van der Waals surface area contributed by atoms with Crippen LogP contribution in [0, 0.1) is 5.92 Å². The van der Waals surface area contributed by atoms with E-state index < -0.39 is 0 Å². The SMILES string of the molecule is CCOc1cc(CNc2ccc(NC(=O)C(C)C)cc2)c(Br)cc1OCc1ccc(Cl)cc1. The van der Waals surface area contributed by atoms with Gasteiger partial charge in [0.2, 0.25) is 5.91 Å². The highest BCUT2D eigenvalue weighted by molar-refractivity contribution is 9.10. The number of amides is 1. The number of rotatable bonds is 10. The van der Waals surface area contributed by atoms with Gasteiger partial charge in [-0.25, -0.2) is 0 Å². The third-order valence-electron chi connectivity index (χ3n) is 4.88. The molecule has 2 N–H and O–H groups in total. The summed E-state index contributed by atoms with van der Waals surface area (Å²) in [6, 6.07) is 19.1. The van der Waals surface area contributed by atoms with Gasteiger partial charge in [0.25, 0.3) is 0 Å². The molecule has 174 valence electrons. The first kappa shape index (κ1) is 24.9. The third-order valence-corrected chi connectivity index (χ3v) is 5.87. The maximum absolute atomic E-state index is 11.8. The van der Waals surface area contributed by atoms with E-state index in [0.29, 0.717) is 36.3 Å². The van der Waals surface area contributed by atoms with E-state index in [1.54, 1.807) is 0 Å². The topological polar surface area (TPSA) is 59.6 Å². The summed E-state index contributed by atoms with van der Waals surface area (Å²) >= 11 is 9.61. The second kappa shape index (κ2) is 12.0. The van der Waals surface area contributed by atoms with Crippen LogP contribution >= 0.6 is 27.5 Å². The lowest BCUT2D eigenvalue weighted by molar-refractivity contribution is -0.118. The summed E-state index contributed by atoms with van der Waals surface area (Å²) < 4.78 is 12.8. The van der Waals surface area contributed by atoms with Crippen LogP contribution < -0.4 is 20.1 Å². The van der Waals surface area contributed by atoms with Crippen molar-refractivity contribution in [2.75, 3.05) is 17.2 Å². The Kier molecular flexibility index (Phi) is 9.03. The molecule has 5 nitrogen and oxygen atoms in total. The Morgan fingerprint density at radius 3 is 2.24 bits per heavy atom. The predicted octanol–water partition coefficient (Wildman–Crippen LogP) is 7.29. The van der Waals surface area contributed by atoms with Crippen molar-refractivity contribution in [3.05, 3.63) is 81.3 Å². The molecule has 3 rings (SSSR count). The Morgan fingerprint density at radius 2 is 1.61 bits per heavy atom. The van der Waals surface area contributed by atoms with Crippen molar-refractivity contribution >= 4 is 44.8 Å². The third kappa shape index (κ3) is 7.41. The summed E-state index contributed by atoms with van der Waals surface area (Å²) in [5, 5.41) is 7.00. The lowest BCUT2D eigenvalue weighted by atomic mass is 10.1. The Labute approximate surface area is 208 Å². The van der Waals surface area contributed by atoms with Gasteiger partial charge in [-0.05, 0) is 66.6 Å². The van der Waals surface area contributed by atoms with Crippen LogP contribution in [-0.4, -0.2) is 12.5 Å². The van der Waals surface area contributed by atoms with Gasteiger partial charge < -0.3 is 20.1 Å². The van der Waals surface area contributed by atoms with Crippen LogP contribution in [0.1, 0.15) is 31.9 Å². The first-order valence-electron chi connectivity index (χ1n) is 10.8. The molecule has 0 aromatic heterocycles. The van der Waals surface area contributed by atoms with Crippen molar-refractivity contribution in [3.63, 3.8) is 0 Å². The second-order valence-corrected chi connectivity index (χ2v) is 9.10. The zero-order valence-corrected chi connectivity index (χ0v) is 21.3. The Balaban J connectivity index is 1.66. The maximum Gasteiger partial charge on any atom is 0.226 e. The molecule has 33 heavy (non-hydrogen) atoms. The first-order valence-corrected chi connectivity index (χ1v) is 12.0. The summed E-state index contributed by atoms with van der Waals surface area (Å²) in [6.45, 7) is 7.23. The van der Waals surface area contributed by atoms with Crippen LogP contribution in [0.4, 0.5) is 11.4 Å². The predicted molar refractivity (Wildman–Crippen MR) is 138 cm³/mol. The number of carbonyl (C=O) groups is 1. The van der Waals surface area contributed by atoms with Gasteiger partial charge in [0.15, 0.2) is 11.5 Å². The molecule has 3 aromatic carbocycles. The van der Waals surface area contributed by atoms with Gasteiger partial charge in [0.1, 0.15) is 6.61 Å². The molecule has 0 aliphatic rings. The minimum atomic E-state index is -0.0576. The van der Waals surface area contributed by atoms with Crippen LogP contribution in [-0.2, 0) is 17.9 Å². The van der Waals surface area contributed by atoms with E-state index in [0.717, 1.165) is 27.0 Å². The molecule has 0 saturated carbocycles. The summed E-state index contributed by atoms with van der Waals surface area (Å²) in [5.41, 5.74) is 3.79. The largest absolute Gasteiger partial charge is 0.490 e. The van der Waals surface area contributed by atoms with Gasteiger partial charge >= 0.3 is 0 Å². The van der Waals surface area contributed by atoms with E-state index in [1.807, 2.05) is 81.4 Å². The normalized spacial score (nSPS) is 10.7. The Hall–Kier alpha value is -2.70. The van der Waals surface area contributed by atoms with Crippen LogP contribution in [0.15, 0.2) is 65.1 Å². The van der Waals surface area contributed by atoms with E-state index >= 15 is 0 Å². The number of anilines is 2. The Bertz CT molecular complexity index is 1070. The van der Waals surface area contributed by atoms with Crippen LogP contribution in [0.2, 0.25) is 5.02 Å². The lowest BCUT2D eigenvalue weighted by Crippen LogP contribution is -2.17. The van der Waals surface area contributed by atoms with Gasteiger partial charge in [-0.15, -0.1) is 0 Å². The average molecular weight is 532 g/mol. The number of hydrogen-bond acceptors (Lipinski definition) is 4.